The van der Waals surface area contributed by atoms with E-state index >= 15 is 0 Å². The Morgan fingerprint density at radius 2 is 2.19 bits per heavy atom. The molecule has 21 heavy (non-hydrogen) atoms. The van der Waals surface area contributed by atoms with Gasteiger partial charge in [0.25, 0.3) is 5.91 Å². The fraction of sp³-hybridized carbons (Fsp3) is 0.500. The molecule has 1 amide bonds. The molecule has 0 aromatic heterocycles. The Morgan fingerprint density at radius 3 is 2.81 bits per heavy atom. The second kappa shape index (κ2) is 6.34. The highest BCUT2D eigenvalue weighted by atomic mass is 19.4. The SMILES string of the molecule is Nc1c(C(=O)NCCC2CCCO2)cccc1C(F)(F)F. The molecule has 1 fully saturated rings. The lowest BCUT2D eigenvalue weighted by atomic mass is 10.1. The first-order chi connectivity index (χ1) is 9.89. The summed E-state index contributed by atoms with van der Waals surface area (Å²) < 4.78 is 43.6. The van der Waals surface area contributed by atoms with Crippen molar-refractivity contribution in [3.8, 4) is 0 Å². The zero-order valence-corrected chi connectivity index (χ0v) is 11.4. The molecule has 2 rings (SSSR count). The second-order valence-corrected chi connectivity index (χ2v) is 4.94. The first kappa shape index (κ1) is 15.6. The second-order valence-electron chi connectivity index (χ2n) is 4.94. The van der Waals surface area contributed by atoms with Crippen molar-refractivity contribution >= 4 is 11.6 Å². The number of nitrogen functional groups attached to an aromatic ring is 1. The van der Waals surface area contributed by atoms with E-state index in [0.29, 0.717) is 13.0 Å². The van der Waals surface area contributed by atoms with Crippen LogP contribution in [0.2, 0.25) is 0 Å². The minimum absolute atomic E-state index is 0.115. The molecule has 1 aromatic rings. The van der Waals surface area contributed by atoms with Gasteiger partial charge in [0.2, 0.25) is 0 Å². The molecule has 1 aliphatic heterocycles. The van der Waals surface area contributed by atoms with Crippen molar-refractivity contribution in [2.75, 3.05) is 18.9 Å². The van der Waals surface area contributed by atoms with Crippen molar-refractivity contribution in [1.29, 1.82) is 0 Å². The van der Waals surface area contributed by atoms with Gasteiger partial charge in [0.05, 0.1) is 22.9 Å². The largest absolute Gasteiger partial charge is 0.418 e. The number of hydrogen-bond donors (Lipinski definition) is 2. The summed E-state index contributed by atoms with van der Waals surface area (Å²) in [5, 5.41) is 2.58. The van der Waals surface area contributed by atoms with E-state index in [1.54, 1.807) is 0 Å². The van der Waals surface area contributed by atoms with Gasteiger partial charge in [0.15, 0.2) is 0 Å². The number of carbonyl (C=O) groups excluding carboxylic acids is 1. The van der Waals surface area contributed by atoms with Crippen LogP contribution in [0.3, 0.4) is 0 Å². The Morgan fingerprint density at radius 1 is 1.43 bits per heavy atom. The zero-order chi connectivity index (χ0) is 15.5. The molecule has 0 aliphatic carbocycles. The predicted octanol–water partition coefficient (Wildman–Crippen LogP) is 2.59. The van der Waals surface area contributed by atoms with E-state index in [2.05, 4.69) is 5.32 Å². The Kier molecular flexibility index (Phi) is 4.72. The third kappa shape index (κ3) is 3.87. The van der Waals surface area contributed by atoms with E-state index in [0.717, 1.165) is 25.5 Å². The summed E-state index contributed by atoms with van der Waals surface area (Å²) in [6.45, 7) is 1.07. The standard InChI is InChI=1S/C14H17F3N2O2/c15-14(16,17)11-5-1-4-10(12(11)18)13(20)19-7-6-9-3-2-8-21-9/h1,4-5,9H,2-3,6-8,18H2,(H,19,20). The van der Waals surface area contributed by atoms with Gasteiger partial charge >= 0.3 is 6.18 Å². The van der Waals surface area contributed by atoms with Crippen LogP contribution in [-0.2, 0) is 10.9 Å². The lowest BCUT2D eigenvalue weighted by Gasteiger charge is -2.14. The number of amides is 1. The van der Waals surface area contributed by atoms with Gasteiger partial charge in [-0.25, -0.2) is 0 Å². The molecule has 3 N–H and O–H groups in total. The predicted molar refractivity (Wildman–Crippen MR) is 71.8 cm³/mol. The van der Waals surface area contributed by atoms with E-state index in [-0.39, 0.29) is 11.7 Å². The number of para-hydroxylation sites is 1. The van der Waals surface area contributed by atoms with Gasteiger partial charge in [-0.3, -0.25) is 4.79 Å². The van der Waals surface area contributed by atoms with Gasteiger partial charge in [0.1, 0.15) is 0 Å². The highest BCUT2D eigenvalue weighted by molar-refractivity contribution is 5.99. The average Bonchev–Trinajstić information content (AvgIpc) is 2.90. The molecular formula is C14H17F3N2O2. The quantitative estimate of drug-likeness (QED) is 0.840. The minimum atomic E-state index is -4.57. The Hall–Kier alpha value is -1.76. The molecular weight excluding hydrogens is 285 g/mol. The zero-order valence-electron chi connectivity index (χ0n) is 11.4. The molecule has 1 aliphatic rings. The maximum absolute atomic E-state index is 12.7. The smallest absolute Gasteiger partial charge is 0.398 e. The average molecular weight is 302 g/mol. The summed E-state index contributed by atoms with van der Waals surface area (Å²) in [6, 6.07) is 3.32. The van der Waals surface area contributed by atoms with Crippen molar-refractivity contribution in [2.45, 2.75) is 31.5 Å². The third-order valence-electron chi connectivity index (χ3n) is 3.43. The van der Waals surface area contributed by atoms with Gasteiger partial charge in [-0.05, 0) is 31.4 Å². The maximum Gasteiger partial charge on any atom is 0.418 e. The molecule has 0 spiro atoms. The third-order valence-corrected chi connectivity index (χ3v) is 3.43. The Bertz CT molecular complexity index is 511. The van der Waals surface area contributed by atoms with Crippen molar-refractivity contribution < 1.29 is 22.7 Å². The number of halogens is 3. The van der Waals surface area contributed by atoms with E-state index in [1.807, 2.05) is 0 Å². The molecule has 1 saturated heterocycles. The highest BCUT2D eigenvalue weighted by Crippen LogP contribution is 2.34. The molecule has 4 nitrogen and oxygen atoms in total. The summed E-state index contributed by atoms with van der Waals surface area (Å²) in [5.74, 6) is -0.600. The molecule has 0 radical (unpaired) electrons. The number of rotatable bonds is 4. The number of anilines is 1. The number of carbonyl (C=O) groups is 1. The Labute approximate surface area is 120 Å². The summed E-state index contributed by atoms with van der Waals surface area (Å²) in [5.41, 5.74) is 3.77. The van der Waals surface area contributed by atoms with Crippen LogP contribution in [0.25, 0.3) is 0 Å². The van der Waals surface area contributed by atoms with Crippen molar-refractivity contribution in [2.24, 2.45) is 0 Å². The van der Waals surface area contributed by atoms with E-state index in [1.165, 1.54) is 12.1 Å². The number of nitrogens with two attached hydrogens (primary N) is 1. The summed E-state index contributed by atoms with van der Waals surface area (Å²) >= 11 is 0. The number of nitrogens with one attached hydrogen (secondary N) is 1. The van der Waals surface area contributed by atoms with Crippen LogP contribution >= 0.6 is 0 Å². The maximum atomic E-state index is 12.7. The van der Waals surface area contributed by atoms with E-state index < -0.39 is 23.3 Å². The molecule has 1 heterocycles. The molecule has 1 aromatic carbocycles. The van der Waals surface area contributed by atoms with E-state index in [4.69, 9.17) is 10.5 Å². The summed E-state index contributed by atoms with van der Waals surface area (Å²) in [4.78, 5) is 11.9. The number of benzene rings is 1. The summed E-state index contributed by atoms with van der Waals surface area (Å²) in [6.07, 6.45) is -1.87. The van der Waals surface area contributed by atoms with Gasteiger partial charge < -0.3 is 15.8 Å². The fourth-order valence-electron chi connectivity index (χ4n) is 2.32. The van der Waals surface area contributed by atoms with Crippen molar-refractivity contribution in [3.05, 3.63) is 29.3 Å². The lowest BCUT2D eigenvalue weighted by Crippen LogP contribution is -2.28. The molecule has 116 valence electrons. The minimum Gasteiger partial charge on any atom is -0.398 e. The van der Waals surface area contributed by atoms with Crippen LogP contribution in [0.5, 0.6) is 0 Å². The molecule has 0 saturated carbocycles. The molecule has 1 atom stereocenters. The van der Waals surface area contributed by atoms with Crippen molar-refractivity contribution in [3.63, 3.8) is 0 Å². The van der Waals surface area contributed by atoms with Crippen LogP contribution in [0, 0.1) is 0 Å². The van der Waals surface area contributed by atoms with E-state index in [9.17, 15) is 18.0 Å². The molecule has 1 unspecified atom stereocenters. The number of alkyl halides is 3. The van der Waals surface area contributed by atoms with Crippen LogP contribution < -0.4 is 11.1 Å². The number of hydrogen-bond acceptors (Lipinski definition) is 3. The fourth-order valence-corrected chi connectivity index (χ4v) is 2.32. The van der Waals surface area contributed by atoms with Crippen LogP contribution in [0.15, 0.2) is 18.2 Å². The van der Waals surface area contributed by atoms with Gasteiger partial charge in [-0.1, -0.05) is 6.07 Å². The Balaban J connectivity index is 1.98. The monoisotopic (exact) mass is 302 g/mol. The van der Waals surface area contributed by atoms with Crippen LogP contribution in [0.1, 0.15) is 35.2 Å². The normalized spacial score (nSPS) is 18.7. The lowest BCUT2D eigenvalue weighted by molar-refractivity contribution is -0.136. The summed E-state index contributed by atoms with van der Waals surface area (Å²) in [7, 11) is 0. The number of ether oxygens (including phenoxy) is 1. The van der Waals surface area contributed by atoms with Gasteiger partial charge in [0, 0.05) is 13.2 Å². The molecule has 7 heteroatoms. The highest BCUT2D eigenvalue weighted by Gasteiger charge is 2.34. The molecule has 0 bridgehead atoms. The first-order valence-electron chi connectivity index (χ1n) is 6.75. The van der Waals surface area contributed by atoms with Crippen molar-refractivity contribution in [1.82, 2.24) is 5.32 Å². The van der Waals surface area contributed by atoms with Crippen LogP contribution in [-0.4, -0.2) is 25.2 Å². The van der Waals surface area contributed by atoms with Gasteiger partial charge in [-0.15, -0.1) is 0 Å². The van der Waals surface area contributed by atoms with Gasteiger partial charge in [-0.2, -0.15) is 13.2 Å². The van der Waals surface area contributed by atoms with Crippen LogP contribution in [0.4, 0.5) is 18.9 Å². The topological polar surface area (TPSA) is 64.4 Å². The first-order valence-corrected chi connectivity index (χ1v) is 6.75.